The molecule has 1 aromatic carbocycles. The van der Waals surface area contributed by atoms with Crippen molar-refractivity contribution in [2.45, 2.75) is 31.0 Å². The van der Waals surface area contributed by atoms with Crippen LogP contribution in [0.1, 0.15) is 12.8 Å². The highest BCUT2D eigenvalue weighted by Gasteiger charge is 2.53. The number of urea groups is 1. The zero-order chi connectivity index (χ0) is 16.0. The monoisotopic (exact) mass is 315 g/mol. The number of carbonyl (C=O) groups excluding carboxylic acids is 2. The number of benzene rings is 1. The Morgan fingerprint density at radius 3 is 2.61 bits per heavy atom. The zero-order valence-electron chi connectivity index (χ0n) is 13.2. The summed E-state index contributed by atoms with van der Waals surface area (Å²) in [6.45, 7) is 2.12. The molecule has 3 unspecified atom stereocenters. The van der Waals surface area contributed by atoms with E-state index in [0.29, 0.717) is 13.0 Å². The van der Waals surface area contributed by atoms with E-state index in [4.69, 9.17) is 4.74 Å². The number of methoxy groups -OCH3 is 1. The Bertz CT molecular complexity index is 597. The minimum absolute atomic E-state index is 0.0144. The number of hydrogen-bond acceptors (Lipinski definition) is 4. The summed E-state index contributed by atoms with van der Waals surface area (Å²) in [6, 6.07) is 9.66. The Labute approximate surface area is 135 Å². The lowest BCUT2D eigenvalue weighted by Crippen LogP contribution is -2.44. The number of imide groups is 1. The summed E-state index contributed by atoms with van der Waals surface area (Å²) in [7, 11) is 1.63. The average molecular weight is 315 g/mol. The van der Waals surface area contributed by atoms with Gasteiger partial charge in [-0.3, -0.25) is 9.69 Å². The van der Waals surface area contributed by atoms with Gasteiger partial charge in [0.25, 0.3) is 5.91 Å². The second-order valence-corrected chi connectivity index (χ2v) is 6.48. The number of hydrogen-bond donors (Lipinski definition) is 0. The molecule has 1 aromatic rings. The lowest BCUT2D eigenvalue weighted by molar-refractivity contribution is -0.129. The lowest BCUT2D eigenvalue weighted by atomic mass is 10.1. The molecular formula is C17H21N3O3. The maximum atomic E-state index is 12.7. The third-order valence-corrected chi connectivity index (χ3v) is 5.22. The molecule has 0 aromatic heterocycles. The molecule has 3 saturated heterocycles. The second-order valence-electron chi connectivity index (χ2n) is 6.48. The van der Waals surface area contributed by atoms with Crippen molar-refractivity contribution < 1.29 is 14.3 Å². The topological polar surface area (TPSA) is 53.1 Å². The van der Waals surface area contributed by atoms with Crippen molar-refractivity contribution in [3.8, 4) is 0 Å². The first-order chi connectivity index (χ1) is 11.2. The van der Waals surface area contributed by atoms with Crippen LogP contribution in [-0.4, -0.2) is 66.7 Å². The van der Waals surface area contributed by atoms with Gasteiger partial charge in [0.2, 0.25) is 0 Å². The molecule has 6 nitrogen and oxygen atoms in total. The zero-order valence-corrected chi connectivity index (χ0v) is 13.2. The second kappa shape index (κ2) is 5.53. The van der Waals surface area contributed by atoms with Crippen LogP contribution < -0.4 is 4.90 Å². The average Bonchev–Trinajstić information content (AvgIpc) is 3.26. The van der Waals surface area contributed by atoms with E-state index in [-0.39, 0.29) is 30.1 Å². The van der Waals surface area contributed by atoms with Gasteiger partial charge in [-0.2, -0.15) is 0 Å². The highest BCUT2D eigenvalue weighted by molar-refractivity contribution is 6.05. The van der Waals surface area contributed by atoms with E-state index in [2.05, 4.69) is 17.0 Å². The Kier molecular flexibility index (Phi) is 3.49. The number of ether oxygens (including phenoxy) is 1. The fraction of sp³-hybridized carbons (Fsp3) is 0.529. The van der Waals surface area contributed by atoms with Crippen molar-refractivity contribution in [1.82, 2.24) is 9.80 Å². The van der Waals surface area contributed by atoms with Crippen molar-refractivity contribution in [1.29, 1.82) is 0 Å². The number of para-hydroxylation sites is 1. The molecule has 0 saturated carbocycles. The lowest BCUT2D eigenvalue weighted by Gasteiger charge is -2.24. The molecular weight excluding hydrogens is 294 g/mol. The van der Waals surface area contributed by atoms with Crippen molar-refractivity contribution in [3.05, 3.63) is 30.3 Å². The number of rotatable bonds is 3. The standard InChI is InChI=1S/C17H21N3O3/c1-23-14-9-15-16(21)20(17(22)19(15)11-14)13-7-8-18(10-13)12-5-3-2-4-6-12/h2-6,13-15H,7-11H2,1H3. The number of fused-ring (bicyclic) bond motifs is 1. The van der Waals surface area contributed by atoms with Gasteiger partial charge in [-0.15, -0.1) is 0 Å². The summed E-state index contributed by atoms with van der Waals surface area (Å²) in [6.07, 6.45) is 1.44. The Morgan fingerprint density at radius 1 is 1.13 bits per heavy atom. The van der Waals surface area contributed by atoms with Gasteiger partial charge in [0.1, 0.15) is 6.04 Å². The molecule has 0 N–H and O–H groups in total. The van der Waals surface area contributed by atoms with Crippen LogP contribution in [0.5, 0.6) is 0 Å². The van der Waals surface area contributed by atoms with Gasteiger partial charge in [-0.1, -0.05) is 18.2 Å². The summed E-state index contributed by atoms with van der Waals surface area (Å²) in [5.74, 6) is -0.0468. The first-order valence-electron chi connectivity index (χ1n) is 8.15. The number of nitrogens with zero attached hydrogens (tertiary/aromatic N) is 3. The smallest absolute Gasteiger partial charge is 0.327 e. The predicted molar refractivity (Wildman–Crippen MR) is 85.2 cm³/mol. The molecule has 6 heteroatoms. The quantitative estimate of drug-likeness (QED) is 0.790. The molecule has 4 rings (SSSR count). The first kappa shape index (κ1) is 14.5. The summed E-state index contributed by atoms with van der Waals surface area (Å²) < 4.78 is 5.31. The molecule has 3 aliphatic heterocycles. The number of amides is 3. The van der Waals surface area contributed by atoms with Crippen molar-refractivity contribution in [3.63, 3.8) is 0 Å². The highest BCUT2D eigenvalue weighted by Crippen LogP contribution is 2.33. The van der Waals surface area contributed by atoms with Gasteiger partial charge in [0.05, 0.1) is 12.1 Å². The van der Waals surface area contributed by atoms with Gasteiger partial charge in [-0.25, -0.2) is 4.79 Å². The maximum absolute atomic E-state index is 12.7. The Morgan fingerprint density at radius 2 is 1.91 bits per heavy atom. The van der Waals surface area contributed by atoms with Gasteiger partial charge in [0, 0.05) is 38.9 Å². The molecule has 0 aliphatic carbocycles. The van der Waals surface area contributed by atoms with Crippen LogP contribution in [0.3, 0.4) is 0 Å². The van der Waals surface area contributed by atoms with Crippen LogP contribution in [0.4, 0.5) is 10.5 Å². The van der Waals surface area contributed by atoms with Crippen molar-refractivity contribution in [2.75, 3.05) is 31.6 Å². The van der Waals surface area contributed by atoms with E-state index in [1.807, 2.05) is 18.2 Å². The summed E-state index contributed by atoms with van der Waals surface area (Å²) in [5, 5.41) is 0. The van der Waals surface area contributed by atoms with E-state index in [9.17, 15) is 9.59 Å². The van der Waals surface area contributed by atoms with Crippen LogP contribution in [-0.2, 0) is 9.53 Å². The highest BCUT2D eigenvalue weighted by atomic mass is 16.5. The molecule has 3 fully saturated rings. The molecule has 0 radical (unpaired) electrons. The van der Waals surface area contributed by atoms with Crippen molar-refractivity contribution >= 4 is 17.6 Å². The Hall–Kier alpha value is -2.08. The van der Waals surface area contributed by atoms with Crippen LogP contribution in [0.25, 0.3) is 0 Å². The van der Waals surface area contributed by atoms with Crippen LogP contribution in [0.15, 0.2) is 30.3 Å². The SMILES string of the molecule is COC1CC2C(=O)N(C3CCN(c4ccccc4)C3)C(=O)N2C1. The Balaban J connectivity index is 1.48. The van der Waals surface area contributed by atoms with Crippen LogP contribution >= 0.6 is 0 Å². The fourth-order valence-electron chi connectivity index (χ4n) is 3.97. The normalized spacial score (nSPS) is 30.5. The fourth-order valence-corrected chi connectivity index (χ4v) is 3.97. The van der Waals surface area contributed by atoms with Gasteiger partial charge in [0.15, 0.2) is 0 Å². The third-order valence-electron chi connectivity index (χ3n) is 5.22. The molecule has 3 aliphatic rings. The summed E-state index contributed by atoms with van der Waals surface area (Å²) in [4.78, 5) is 30.7. The largest absolute Gasteiger partial charge is 0.380 e. The van der Waals surface area contributed by atoms with E-state index in [1.54, 1.807) is 12.0 Å². The van der Waals surface area contributed by atoms with Gasteiger partial charge >= 0.3 is 6.03 Å². The number of anilines is 1. The van der Waals surface area contributed by atoms with E-state index in [1.165, 1.54) is 4.90 Å². The van der Waals surface area contributed by atoms with E-state index >= 15 is 0 Å². The van der Waals surface area contributed by atoms with Crippen LogP contribution in [0.2, 0.25) is 0 Å². The van der Waals surface area contributed by atoms with Gasteiger partial charge < -0.3 is 14.5 Å². The van der Waals surface area contributed by atoms with E-state index in [0.717, 1.165) is 25.2 Å². The minimum atomic E-state index is -0.321. The third kappa shape index (κ3) is 2.28. The number of carbonyl (C=O) groups is 2. The molecule has 23 heavy (non-hydrogen) atoms. The minimum Gasteiger partial charge on any atom is -0.380 e. The van der Waals surface area contributed by atoms with Crippen LogP contribution in [0, 0.1) is 0 Å². The predicted octanol–water partition coefficient (Wildman–Crippen LogP) is 1.32. The molecule has 3 amide bonds. The first-order valence-corrected chi connectivity index (χ1v) is 8.15. The molecule has 0 spiro atoms. The summed E-state index contributed by atoms with van der Waals surface area (Å²) >= 11 is 0. The maximum Gasteiger partial charge on any atom is 0.327 e. The summed E-state index contributed by atoms with van der Waals surface area (Å²) in [5.41, 5.74) is 1.15. The molecule has 0 bridgehead atoms. The molecule has 122 valence electrons. The van der Waals surface area contributed by atoms with Crippen molar-refractivity contribution in [2.24, 2.45) is 0 Å². The molecule has 3 heterocycles. The van der Waals surface area contributed by atoms with Gasteiger partial charge in [-0.05, 0) is 18.6 Å². The van der Waals surface area contributed by atoms with E-state index < -0.39 is 0 Å². The molecule has 3 atom stereocenters.